The molecular weight excluding hydrogens is 308 g/mol. The number of rotatable bonds is 15. The molecule has 2 nitrogen and oxygen atoms in total. The summed E-state index contributed by atoms with van der Waals surface area (Å²) in [5, 5.41) is 0. The highest BCUT2D eigenvalue weighted by atomic mass is 16.5. The van der Waals surface area contributed by atoms with Gasteiger partial charge in [-0.15, -0.1) is 0 Å². The molecule has 0 aromatic rings. The van der Waals surface area contributed by atoms with Crippen molar-refractivity contribution in [3.63, 3.8) is 0 Å². The Kier molecular flexibility index (Phi) is 18.7. The summed E-state index contributed by atoms with van der Waals surface area (Å²) in [5.41, 5.74) is 0. The molecule has 0 saturated carbocycles. The normalized spacial score (nSPS) is 12.6. The van der Waals surface area contributed by atoms with Gasteiger partial charge in [-0.3, -0.25) is 4.79 Å². The highest BCUT2D eigenvalue weighted by Gasteiger charge is 1.95. The summed E-state index contributed by atoms with van der Waals surface area (Å²) in [7, 11) is 1.43. The molecule has 0 aliphatic rings. The molecule has 140 valence electrons. The fourth-order valence-corrected chi connectivity index (χ4v) is 2.16. The van der Waals surface area contributed by atoms with E-state index >= 15 is 0 Å². The van der Waals surface area contributed by atoms with Crippen molar-refractivity contribution in [2.75, 3.05) is 7.11 Å². The molecule has 0 radical (unpaired) electrons. The molecule has 0 aromatic heterocycles. The van der Waals surface area contributed by atoms with Crippen LogP contribution in [-0.2, 0) is 9.53 Å². The number of unbranched alkanes of at least 4 members (excludes halogenated alkanes) is 3. The number of carbonyl (C=O) groups is 1. The van der Waals surface area contributed by atoms with E-state index in [0.717, 1.165) is 44.9 Å². The molecule has 2 heteroatoms. The van der Waals surface area contributed by atoms with E-state index in [-0.39, 0.29) is 5.97 Å². The van der Waals surface area contributed by atoms with Crippen molar-refractivity contribution in [3.8, 4) is 0 Å². The minimum absolute atomic E-state index is 0.135. The van der Waals surface area contributed by atoms with Gasteiger partial charge in [-0.25, -0.2) is 0 Å². The predicted molar refractivity (Wildman–Crippen MR) is 110 cm³/mol. The van der Waals surface area contributed by atoms with E-state index in [1.807, 2.05) is 0 Å². The Balaban J connectivity index is 3.40. The van der Waals surface area contributed by atoms with Gasteiger partial charge in [0.15, 0.2) is 0 Å². The fourth-order valence-electron chi connectivity index (χ4n) is 2.16. The van der Waals surface area contributed by atoms with Gasteiger partial charge < -0.3 is 4.74 Å². The van der Waals surface area contributed by atoms with E-state index in [9.17, 15) is 4.79 Å². The van der Waals surface area contributed by atoms with E-state index in [1.165, 1.54) is 20.0 Å². The SMILES string of the molecule is CCC=CCC=CCC=CCC=CCCCCC=CCCC(=O)OC. The molecule has 0 heterocycles. The maximum Gasteiger partial charge on any atom is 0.305 e. The number of allylic oxidation sites excluding steroid dienone is 10. The van der Waals surface area contributed by atoms with Crippen LogP contribution in [0, 0.1) is 0 Å². The van der Waals surface area contributed by atoms with E-state index in [1.54, 1.807) is 0 Å². The molecule has 0 fully saturated rings. The zero-order valence-corrected chi connectivity index (χ0v) is 16.2. The van der Waals surface area contributed by atoms with Crippen LogP contribution in [0.15, 0.2) is 60.8 Å². The van der Waals surface area contributed by atoms with Crippen LogP contribution in [-0.4, -0.2) is 13.1 Å². The number of ether oxygens (including phenoxy) is 1. The summed E-state index contributed by atoms with van der Waals surface area (Å²) in [4.78, 5) is 10.9. The summed E-state index contributed by atoms with van der Waals surface area (Å²) in [6.07, 6.45) is 32.2. The lowest BCUT2D eigenvalue weighted by atomic mass is 10.1. The molecule has 0 amide bonds. The summed E-state index contributed by atoms with van der Waals surface area (Å²) >= 11 is 0. The Morgan fingerprint density at radius 1 is 0.680 bits per heavy atom. The van der Waals surface area contributed by atoms with Crippen LogP contribution in [0.3, 0.4) is 0 Å². The number of esters is 1. The summed E-state index contributed by atoms with van der Waals surface area (Å²) in [6.45, 7) is 2.16. The van der Waals surface area contributed by atoms with Crippen LogP contribution in [0.25, 0.3) is 0 Å². The third kappa shape index (κ3) is 20.1. The quantitative estimate of drug-likeness (QED) is 0.184. The average Bonchev–Trinajstić information content (AvgIpc) is 2.63. The van der Waals surface area contributed by atoms with E-state index in [2.05, 4.69) is 72.4 Å². The first-order chi connectivity index (χ1) is 12.3. The molecule has 0 aliphatic heterocycles. The van der Waals surface area contributed by atoms with E-state index < -0.39 is 0 Å². The summed E-state index contributed by atoms with van der Waals surface area (Å²) in [6, 6.07) is 0. The number of methoxy groups -OCH3 is 1. The second-order valence-corrected chi connectivity index (χ2v) is 5.87. The monoisotopic (exact) mass is 344 g/mol. The van der Waals surface area contributed by atoms with Gasteiger partial charge in [0, 0.05) is 6.42 Å². The van der Waals surface area contributed by atoms with Crippen LogP contribution in [0.4, 0.5) is 0 Å². The minimum atomic E-state index is -0.135. The Hall–Kier alpha value is -1.83. The van der Waals surface area contributed by atoms with Gasteiger partial charge in [-0.2, -0.15) is 0 Å². The molecule has 0 unspecified atom stereocenters. The predicted octanol–water partition coefficient (Wildman–Crippen LogP) is 6.86. The zero-order valence-electron chi connectivity index (χ0n) is 16.2. The molecule has 0 rings (SSSR count). The van der Waals surface area contributed by atoms with Gasteiger partial charge in [-0.05, 0) is 57.8 Å². The Morgan fingerprint density at radius 3 is 1.64 bits per heavy atom. The zero-order chi connectivity index (χ0) is 18.4. The third-order valence-electron chi connectivity index (χ3n) is 3.62. The van der Waals surface area contributed by atoms with Gasteiger partial charge >= 0.3 is 5.97 Å². The first-order valence-electron chi connectivity index (χ1n) is 9.63. The topological polar surface area (TPSA) is 26.3 Å². The van der Waals surface area contributed by atoms with Gasteiger partial charge in [0.1, 0.15) is 0 Å². The van der Waals surface area contributed by atoms with Crippen LogP contribution in [0.5, 0.6) is 0 Å². The number of hydrogen-bond donors (Lipinski definition) is 0. The van der Waals surface area contributed by atoms with Crippen LogP contribution < -0.4 is 0 Å². The van der Waals surface area contributed by atoms with Crippen molar-refractivity contribution < 1.29 is 9.53 Å². The molecule has 0 atom stereocenters. The molecule has 0 spiro atoms. The van der Waals surface area contributed by atoms with Gasteiger partial charge in [0.05, 0.1) is 7.11 Å². The van der Waals surface area contributed by atoms with Crippen molar-refractivity contribution in [1.29, 1.82) is 0 Å². The van der Waals surface area contributed by atoms with Crippen molar-refractivity contribution in [2.24, 2.45) is 0 Å². The molecular formula is C23H36O2. The second-order valence-electron chi connectivity index (χ2n) is 5.87. The maximum absolute atomic E-state index is 10.9. The Bertz CT molecular complexity index is 439. The Labute approximate surface area is 155 Å². The average molecular weight is 345 g/mol. The van der Waals surface area contributed by atoms with E-state index in [4.69, 9.17) is 0 Å². The lowest BCUT2D eigenvalue weighted by Gasteiger charge is -1.95. The molecule has 0 aromatic carbocycles. The second kappa shape index (κ2) is 20.2. The van der Waals surface area contributed by atoms with Gasteiger partial charge in [-0.1, -0.05) is 67.7 Å². The highest BCUT2D eigenvalue weighted by Crippen LogP contribution is 2.04. The molecule has 0 aliphatic carbocycles. The lowest BCUT2D eigenvalue weighted by Crippen LogP contribution is -1.97. The van der Waals surface area contributed by atoms with Crippen LogP contribution in [0.2, 0.25) is 0 Å². The van der Waals surface area contributed by atoms with Crippen LogP contribution in [0.1, 0.15) is 71.1 Å². The molecule has 0 bridgehead atoms. The smallest absolute Gasteiger partial charge is 0.305 e. The molecule has 0 saturated heterocycles. The Morgan fingerprint density at radius 2 is 1.12 bits per heavy atom. The summed E-state index contributed by atoms with van der Waals surface area (Å²) in [5.74, 6) is -0.135. The fraction of sp³-hybridized carbons (Fsp3) is 0.522. The summed E-state index contributed by atoms with van der Waals surface area (Å²) < 4.78 is 4.60. The maximum atomic E-state index is 10.9. The number of carbonyl (C=O) groups excluding carboxylic acids is 1. The largest absolute Gasteiger partial charge is 0.469 e. The van der Waals surface area contributed by atoms with E-state index in [0.29, 0.717) is 6.42 Å². The number of hydrogen-bond acceptors (Lipinski definition) is 2. The van der Waals surface area contributed by atoms with Crippen molar-refractivity contribution >= 4 is 5.97 Å². The van der Waals surface area contributed by atoms with Gasteiger partial charge in [0.2, 0.25) is 0 Å². The van der Waals surface area contributed by atoms with Crippen molar-refractivity contribution in [1.82, 2.24) is 0 Å². The highest BCUT2D eigenvalue weighted by molar-refractivity contribution is 5.69. The minimum Gasteiger partial charge on any atom is -0.469 e. The third-order valence-corrected chi connectivity index (χ3v) is 3.62. The van der Waals surface area contributed by atoms with Gasteiger partial charge in [0.25, 0.3) is 0 Å². The van der Waals surface area contributed by atoms with Crippen LogP contribution >= 0.6 is 0 Å². The lowest BCUT2D eigenvalue weighted by molar-refractivity contribution is -0.140. The first-order valence-corrected chi connectivity index (χ1v) is 9.63. The first kappa shape index (κ1) is 23.2. The molecule has 25 heavy (non-hydrogen) atoms. The van der Waals surface area contributed by atoms with Crippen molar-refractivity contribution in [2.45, 2.75) is 71.1 Å². The van der Waals surface area contributed by atoms with Crippen molar-refractivity contribution in [3.05, 3.63) is 60.8 Å². The molecule has 0 N–H and O–H groups in total. The standard InChI is InChI=1S/C23H36O2/c1-3-4-5-6-7-8-9-10-11-12-13-14-15-16-17-18-19-20-21-22-23(24)25-2/h4-5,7-8,10-11,13-14,19-20H,3,6,9,12,15-18,21-22H2,1-2H3.